The summed E-state index contributed by atoms with van der Waals surface area (Å²) in [5.41, 5.74) is 0.392. The fourth-order valence-electron chi connectivity index (χ4n) is 1.94. The van der Waals surface area contributed by atoms with Gasteiger partial charge in [-0.25, -0.2) is 4.39 Å². The van der Waals surface area contributed by atoms with Crippen LogP contribution in [-0.2, 0) is 4.79 Å². The lowest BCUT2D eigenvalue weighted by molar-refractivity contribution is -0.114. The molecule has 0 aromatic heterocycles. The van der Waals surface area contributed by atoms with Crippen LogP contribution >= 0.6 is 11.8 Å². The highest BCUT2D eigenvalue weighted by Gasteiger charge is 2.18. The lowest BCUT2D eigenvalue weighted by atomic mass is 10.1. The van der Waals surface area contributed by atoms with Gasteiger partial charge in [0.15, 0.2) is 0 Å². The van der Waals surface area contributed by atoms with E-state index < -0.39 is 5.82 Å². The van der Waals surface area contributed by atoms with Gasteiger partial charge in [-0.2, -0.15) is 11.8 Å². The molecule has 4 nitrogen and oxygen atoms in total. The molecule has 0 aliphatic heterocycles. The van der Waals surface area contributed by atoms with E-state index in [1.165, 1.54) is 25.1 Å². The molecule has 2 amide bonds. The highest BCUT2D eigenvalue weighted by molar-refractivity contribution is 7.99. The summed E-state index contributed by atoms with van der Waals surface area (Å²) in [5.74, 6) is 0.947. The molecular weight excluding hydrogens is 303 g/mol. The number of hydrogen-bond donors (Lipinski definition) is 1. The van der Waals surface area contributed by atoms with Gasteiger partial charge in [-0.05, 0) is 43.0 Å². The summed E-state index contributed by atoms with van der Waals surface area (Å²) in [5, 5.41) is 2.39. The van der Waals surface area contributed by atoms with Crippen LogP contribution in [0.25, 0.3) is 0 Å². The number of nitrogens with zero attached hydrogens (tertiary/aromatic N) is 1. The highest BCUT2D eigenvalue weighted by Crippen LogP contribution is 2.18. The zero-order chi connectivity index (χ0) is 16.7. The Morgan fingerprint density at radius 3 is 2.68 bits per heavy atom. The van der Waals surface area contributed by atoms with Crippen LogP contribution in [-0.4, -0.2) is 41.3 Å². The average Bonchev–Trinajstić information content (AvgIpc) is 2.47. The Labute approximate surface area is 135 Å². The Morgan fingerprint density at radius 1 is 1.41 bits per heavy atom. The normalized spacial score (nSPS) is 11.9. The monoisotopic (exact) mass is 326 g/mol. The smallest absolute Gasteiger partial charge is 0.253 e. The largest absolute Gasteiger partial charge is 0.339 e. The van der Waals surface area contributed by atoms with Crippen molar-refractivity contribution in [2.24, 2.45) is 0 Å². The Bertz CT molecular complexity index is 537. The Morgan fingerprint density at radius 2 is 2.09 bits per heavy atom. The van der Waals surface area contributed by atoms with Gasteiger partial charge in [0, 0.05) is 25.6 Å². The van der Waals surface area contributed by atoms with Crippen LogP contribution in [0, 0.1) is 5.82 Å². The molecule has 1 aromatic rings. The van der Waals surface area contributed by atoms with E-state index in [2.05, 4.69) is 12.2 Å². The zero-order valence-electron chi connectivity index (χ0n) is 13.5. The van der Waals surface area contributed by atoms with Gasteiger partial charge < -0.3 is 10.2 Å². The Balaban J connectivity index is 2.81. The number of anilines is 1. The van der Waals surface area contributed by atoms with Gasteiger partial charge in [0.2, 0.25) is 5.91 Å². The van der Waals surface area contributed by atoms with Crippen molar-refractivity contribution in [1.29, 1.82) is 0 Å². The zero-order valence-corrected chi connectivity index (χ0v) is 14.3. The van der Waals surface area contributed by atoms with E-state index in [0.717, 1.165) is 17.9 Å². The van der Waals surface area contributed by atoms with Gasteiger partial charge in [-0.1, -0.05) is 6.92 Å². The number of thioether (sulfide) groups is 1. The number of amides is 2. The van der Waals surface area contributed by atoms with E-state index in [0.29, 0.717) is 5.56 Å². The van der Waals surface area contributed by atoms with Gasteiger partial charge in [-0.3, -0.25) is 9.59 Å². The first-order valence-corrected chi connectivity index (χ1v) is 8.44. The second kappa shape index (κ2) is 8.78. The van der Waals surface area contributed by atoms with Crippen molar-refractivity contribution in [3.63, 3.8) is 0 Å². The number of nitrogens with one attached hydrogen (secondary N) is 1. The minimum Gasteiger partial charge on any atom is -0.339 e. The summed E-state index contributed by atoms with van der Waals surface area (Å²) in [4.78, 5) is 25.2. The fourth-order valence-corrected chi connectivity index (χ4v) is 2.74. The van der Waals surface area contributed by atoms with Gasteiger partial charge in [0.25, 0.3) is 5.91 Å². The average molecular weight is 326 g/mol. The molecule has 0 aliphatic rings. The molecule has 1 unspecified atom stereocenters. The molecule has 0 heterocycles. The van der Waals surface area contributed by atoms with Gasteiger partial charge in [0.1, 0.15) is 5.82 Å². The highest BCUT2D eigenvalue weighted by atomic mass is 32.2. The van der Waals surface area contributed by atoms with Gasteiger partial charge in [0.05, 0.1) is 5.69 Å². The van der Waals surface area contributed by atoms with Crippen LogP contribution in [0.3, 0.4) is 0 Å². The van der Waals surface area contributed by atoms with Crippen LogP contribution in [0.15, 0.2) is 18.2 Å². The second-order valence-electron chi connectivity index (χ2n) is 5.13. The number of hydrogen-bond acceptors (Lipinski definition) is 3. The summed E-state index contributed by atoms with van der Waals surface area (Å²) in [6, 6.07) is 4.11. The lowest BCUT2D eigenvalue weighted by Crippen LogP contribution is -2.35. The van der Waals surface area contributed by atoms with Gasteiger partial charge >= 0.3 is 0 Å². The summed E-state index contributed by atoms with van der Waals surface area (Å²) in [7, 11) is 1.74. The first kappa shape index (κ1) is 18.5. The number of halogens is 1. The van der Waals surface area contributed by atoms with Crippen LogP contribution in [0.4, 0.5) is 10.1 Å². The molecule has 1 rings (SSSR count). The molecule has 0 aliphatic carbocycles. The fraction of sp³-hybridized carbons (Fsp3) is 0.500. The summed E-state index contributed by atoms with van der Waals surface area (Å²) >= 11 is 1.84. The van der Waals surface area contributed by atoms with Gasteiger partial charge in [-0.15, -0.1) is 0 Å². The van der Waals surface area contributed by atoms with E-state index in [4.69, 9.17) is 0 Å². The molecule has 1 atom stereocenters. The predicted molar refractivity (Wildman–Crippen MR) is 89.9 cm³/mol. The van der Waals surface area contributed by atoms with Crippen molar-refractivity contribution in [1.82, 2.24) is 4.90 Å². The predicted octanol–water partition coefficient (Wildman–Crippen LogP) is 3.39. The van der Waals surface area contributed by atoms with Crippen molar-refractivity contribution in [3.8, 4) is 0 Å². The third-order valence-electron chi connectivity index (χ3n) is 3.39. The number of benzene rings is 1. The maximum atomic E-state index is 13.6. The number of rotatable bonds is 7. The first-order valence-electron chi connectivity index (χ1n) is 7.28. The molecule has 22 heavy (non-hydrogen) atoms. The van der Waals surface area contributed by atoms with Crippen molar-refractivity contribution in [3.05, 3.63) is 29.6 Å². The molecule has 0 saturated carbocycles. The molecule has 0 saturated heterocycles. The van der Waals surface area contributed by atoms with Crippen LogP contribution < -0.4 is 5.32 Å². The second-order valence-corrected chi connectivity index (χ2v) is 6.52. The van der Waals surface area contributed by atoms with Crippen LogP contribution in [0.2, 0.25) is 0 Å². The van der Waals surface area contributed by atoms with E-state index in [1.807, 2.05) is 18.7 Å². The van der Waals surface area contributed by atoms with Crippen molar-refractivity contribution in [2.75, 3.05) is 23.9 Å². The number of carbonyl (C=O) groups excluding carboxylic acids is 2. The number of carbonyl (C=O) groups is 2. The molecule has 1 N–H and O–H groups in total. The van der Waals surface area contributed by atoms with E-state index in [9.17, 15) is 14.0 Å². The van der Waals surface area contributed by atoms with Crippen LogP contribution in [0.1, 0.15) is 37.6 Å². The van der Waals surface area contributed by atoms with Crippen molar-refractivity contribution in [2.45, 2.75) is 33.2 Å². The molecule has 0 bridgehead atoms. The standard InChI is InChI=1S/C16H23FN2O2S/c1-5-22-9-8-11(2)19(4)16(21)13-6-7-14(17)15(10-13)18-12(3)20/h6-7,10-11H,5,8-9H2,1-4H3,(H,18,20). The first-order chi connectivity index (χ1) is 10.4. The molecule has 0 fully saturated rings. The lowest BCUT2D eigenvalue weighted by Gasteiger charge is -2.25. The van der Waals surface area contributed by atoms with Crippen molar-refractivity contribution >= 4 is 29.3 Å². The Kier molecular flexibility index (Phi) is 7.38. The third-order valence-corrected chi connectivity index (χ3v) is 4.32. The van der Waals surface area contributed by atoms with E-state index >= 15 is 0 Å². The molecule has 1 aromatic carbocycles. The van der Waals surface area contributed by atoms with E-state index in [-0.39, 0.29) is 23.5 Å². The molecule has 6 heteroatoms. The maximum absolute atomic E-state index is 13.6. The summed E-state index contributed by atoms with van der Waals surface area (Å²) in [6.45, 7) is 5.40. The van der Waals surface area contributed by atoms with Crippen LogP contribution in [0.5, 0.6) is 0 Å². The quantitative estimate of drug-likeness (QED) is 0.781. The minimum atomic E-state index is -0.554. The van der Waals surface area contributed by atoms with E-state index in [1.54, 1.807) is 11.9 Å². The summed E-state index contributed by atoms with van der Waals surface area (Å²) < 4.78 is 13.6. The Hall–Kier alpha value is -1.56. The third kappa shape index (κ3) is 5.33. The summed E-state index contributed by atoms with van der Waals surface area (Å²) in [6.07, 6.45) is 0.903. The molecule has 0 spiro atoms. The maximum Gasteiger partial charge on any atom is 0.253 e. The SMILES string of the molecule is CCSCCC(C)N(C)C(=O)c1ccc(F)c(NC(C)=O)c1. The molecular formula is C16H23FN2O2S. The molecule has 0 radical (unpaired) electrons. The minimum absolute atomic E-state index is 0.0286. The topological polar surface area (TPSA) is 49.4 Å². The molecule has 122 valence electrons. The van der Waals surface area contributed by atoms with Crippen molar-refractivity contribution < 1.29 is 14.0 Å².